The van der Waals surface area contributed by atoms with Crippen molar-refractivity contribution in [3.05, 3.63) is 0 Å². The summed E-state index contributed by atoms with van der Waals surface area (Å²) in [5.74, 6) is 0. The Morgan fingerprint density at radius 3 is 1.50 bits per heavy atom. The van der Waals surface area contributed by atoms with Crippen LogP contribution in [0.4, 0.5) is 0 Å². The van der Waals surface area contributed by atoms with E-state index in [0.29, 0.717) is 0 Å². The largest absolute Gasteiger partial charge is 1.00 e. The van der Waals surface area contributed by atoms with E-state index in [-0.39, 0.29) is 37.4 Å². The summed E-state index contributed by atoms with van der Waals surface area (Å²) in [5, 5.41) is 6.89. The van der Waals surface area contributed by atoms with Gasteiger partial charge in [-0.1, -0.05) is 0 Å². The number of quaternary nitrogens is 1. The molecule has 0 aliphatic carbocycles. The van der Waals surface area contributed by atoms with Gasteiger partial charge in [0.1, 0.15) is 0 Å². The molecule has 0 aromatic carbocycles. The molecule has 0 unspecified atom stereocenters. The molecule has 6 heavy (non-hydrogen) atoms. The van der Waals surface area contributed by atoms with Gasteiger partial charge in [-0.3, -0.25) is 4.79 Å². The van der Waals surface area contributed by atoms with Crippen LogP contribution >= 0.6 is 12.4 Å². The molecule has 0 aromatic heterocycles. The van der Waals surface area contributed by atoms with Crippen LogP contribution in [0.15, 0.2) is 0 Å². The third-order valence-corrected chi connectivity index (χ3v) is 0. The quantitative estimate of drug-likeness (QED) is 0.361. The molecule has 0 saturated carbocycles. The standard InChI is InChI=1S/CH2O2.2ClH.H3N/c2-1-3;;;/h1H,(H,2,3);2*1H;1H3. The van der Waals surface area contributed by atoms with Crippen LogP contribution in [-0.2, 0) is 4.79 Å². The van der Waals surface area contributed by atoms with Crippen LogP contribution in [0.3, 0.4) is 0 Å². The van der Waals surface area contributed by atoms with Crippen molar-refractivity contribution in [1.29, 1.82) is 0 Å². The van der Waals surface area contributed by atoms with E-state index in [4.69, 9.17) is 9.90 Å². The van der Waals surface area contributed by atoms with Gasteiger partial charge in [-0.25, -0.2) is 0 Å². The molecule has 0 aliphatic rings. The van der Waals surface area contributed by atoms with Gasteiger partial charge in [-0.15, -0.1) is 12.4 Å². The van der Waals surface area contributed by atoms with Gasteiger partial charge in [-0.05, 0) is 0 Å². The monoisotopic (exact) mass is 135 g/mol. The minimum absolute atomic E-state index is 0. The average molecular weight is 136 g/mol. The molecule has 42 valence electrons. The molecule has 0 atom stereocenters. The molecule has 0 heterocycles. The van der Waals surface area contributed by atoms with E-state index in [1.54, 1.807) is 0 Å². The Hall–Kier alpha value is 0.01000. The van der Waals surface area contributed by atoms with Crippen LogP contribution in [0.25, 0.3) is 0 Å². The summed E-state index contributed by atoms with van der Waals surface area (Å²) < 4.78 is 0. The lowest BCUT2D eigenvalue weighted by Crippen LogP contribution is -3.00. The van der Waals surface area contributed by atoms with Crippen LogP contribution in [0.1, 0.15) is 0 Å². The van der Waals surface area contributed by atoms with Crippen molar-refractivity contribution in [2.45, 2.75) is 0 Å². The number of carbonyl (C=O) groups is 1. The third kappa shape index (κ3) is 363000. The summed E-state index contributed by atoms with van der Waals surface area (Å²) in [4.78, 5) is 8.36. The molecular weight excluding hydrogens is 129 g/mol. The maximum atomic E-state index is 8.36. The number of carboxylic acid groups (broad SMARTS) is 1. The Labute approximate surface area is 48.1 Å². The lowest BCUT2D eigenvalue weighted by atomic mass is 11.7. The topological polar surface area (TPSA) is 73.8 Å². The molecule has 0 radical (unpaired) electrons. The second-order valence-electron chi connectivity index (χ2n) is 0.105. The molecule has 0 amide bonds. The van der Waals surface area contributed by atoms with Gasteiger partial charge in [0.15, 0.2) is 0 Å². The first-order valence-corrected chi connectivity index (χ1v) is 0.494. The molecule has 5 heteroatoms. The highest BCUT2D eigenvalue weighted by Gasteiger charge is 1.22. The maximum absolute atomic E-state index is 8.36. The molecule has 5 N–H and O–H groups in total. The Morgan fingerprint density at radius 2 is 1.50 bits per heavy atom. The van der Waals surface area contributed by atoms with Gasteiger partial charge in [0.2, 0.25) is 0 Å². The molecule has 0 aliphatic heterocycles. The SMILES string of the molecule is Cl.O=CO.[Cl-].[NH4+]. The van der Waals surface area contributed by atoms with E-state index in [2.05, 4.69) is 0 Å². The van der Waals surface area contributed by atoms with Gasteiger partial charge < -0.3 is 23.7 Å². The maximum Gasteiger partial charge on any atom is 0.290 e. The van der Waals surface area contributed by atoms with Crippen LogP contribution in [0.2, 0.25) is 0 Å². The smallest absolute Gasteiger partial charge is 0.290 e. The zero-order chi connectivity index (χ0) is 2.71. The van der Waals surface area contributed by atoms with Crippen molar-refractivity contribution in [2.24, 2.45) is 0 Å². The zero-order valence-corrected chi connectivity index (χ0v) is 4.79. The second kappa shape index (κ2) is 79.0. The summed E-state index contributed by atoms with van der Waals surface area (Å²) in [5.41, 5.74) is 0. The molecule has 3 nitrogen and oxygen atoms in total. The van der Waals surface area contributed by atoms with Crippen LogP contribution in [0, 0.1) is 0 Å². The van der Waals surface area contributed by atoms with Crippen molar-refractivity contribution in [3.8, 4) is 0 Å². The first-order valence-electron chi connectivity index (χ1n) is 0.494. The fourth-order valence-electron chi connectivity index (χ4n) is 0. The summed E-state index contributed by atoms with van der Waals surface area (Å²) in [6, 6.07) is 0. The minimum Gasteiger partial charge on any atom is -1.00 e. The highest BCUT2D eigenvalue weighted by molar-refractivity contribution is 5.85. The fourth-order valence-corrected chi connectivity index (χ4v) is 0. The van der Waals surface area contributed by atoms with E-state index >= 15 is 0 Å². The number of rotatable bonds is 0. The highest BCUT2D eigenvalue weighted by Crippen LogP contribution is 0.966. The number of hydrogen-bond donors (Lipinski definition) is 2. The molecule has 0 spiro atoms. The molecule has 0 rings (SSSR count). The van der Waals surface area contributed by atoms with Crippen molar-refractivity contribution >= 4 is 18.9 Å². The number of hydrogen-bond acceptors (Lipinski definition) is 1. The van der Waals surface area contributed by atoms with E-state index in [9.17, 15) is 0 Å². The lowest BCUT2D eigenvalue weighted by Gasteiger charge is -1.34. The van der Waals surface area contributed by atoms with Crippen molar-refractivity contribution in [2.75, 3.05) is 0 Å². The van der Waals surface area contributed by atoms with E-state index in [1.165, 1.54) is 0 Å². The lowest BCUT2D eigenvalue weighted by molar-refractivity contribution is -0.122. The second-order valence-corrected chi connectivity index (χ2v) is 0.105. The van der Waals surface area contributed by atoms with Crippen LogP contribution in [0.5, 0.6) is 0 Å². The molecule has 0 bridgehead atoms. The normalized spacial score (nSPS) is 2.00. The minimum atomic E-state index is -0.250. The van der Waals surface area contributed by atoms with Gasteiger partial charge in [0, 0.05) is 0 Å². The summed E-state index contributed by atoms with van der Waals surface area (Å²) in [6.07, 6.45) is 0. The Balaban J connectivity index is -0.00000000667. The van der Waals surface area contributed by atoms with E-state index < -0.39 is 0 Å². The van der Waals surface area contributed by atoms with Crippen molar-refractivity contribution in [1.82, 2.24) is 6.15 Å². The molecule has 0 fully saturated rings. The Bertz CT molecular complexity index is 19.0. The predicted octanol–water partition coefficient (Wildman–Crippen LogP) is -2.50. The number of halogens is 2. The Kier molecular flexibility index (Phi) is 491. The molecular formula is CH7Cl2NO2. The molecule has 0 aromatic rings. The average Bonchev–Trinajstić information content (AvgIpc) is 0.918. The summed E-state index contributed by atoms with van der Waals surface area (Å²) >= 11 is 0. The first-order chi connectivity index (χ1) is 1.41. The third-order valence-electron chi connectivity index (χ3n) is 0. The van der Waals surface area contributed by atoms with Gasteiger partial charge in [0.05, 0.1) is 0 Å². The zero-order valence-electron chi connectivity index (χ0n) is 3.22. The molecule has 0 saturated heterocycles. The Morgan fingerprint density at radius 1 is 1.50 bits per heavy atom. The van der Waals surface area contributed by atoms with Gasteiger partial charge in [-0.2, -0.15) is 0 Å². The van der Waals surface area contributed by atoms with Gasteiger partial charge in [0.25, 0.3) is 6.47 Å². The summed E-state index contributed by atoms with van der Waals surface area (Å²) in [6.45, 7) is -0.250. The predicted molar refractivity (Wildman–Crippen MR) is 21.9 cm³/mol. The highest BCUT2D eigenvalue weighted by atomic mass is 35.5. The van der Waals surface area contributed by atoms with E-state index in [0.717, 1.165) is 0 Å². The fraction of sp³-hybridized carbons (Fsp3) is 0. The van der Waals surface area contributed by atoms with E-state index in [1.807, 2.05) is 0 Å². The van der Waals surface area contributed by atoms with Crippen LogP contribution in [-0.4, -0.2) is 11.6 Å². The summed E-state index contributed by atoms with van der Waals surface area (Å²) in [7, 11) is 0. The van der Waals surface area contributed by atoms with Crippen LogP contribution < -0.4 is 18.6 Å². The van der Waals surface area contributed by atoms with Gasteiger partial charge >= 0.3 is 0 Å². The van der Waals surface area contributed by atoms with Crippen molar-refractivity contribution in [3.63, 3.8) is 0 Å². The first kappa shape index (κ1) is 37.3. The van der Waals surface area contributed by atoms with Crippen molar-refractivity contribution < 1.29 is 22.3 Å².